The van der Waals surface area contributed by atoms with E-state index in [9.17, 15) is 9.18 Å². The summed E-state index contributed by atoms with van der Waals surface area (Å²) in [4.78, 5) is 22.6. The van der Waals surface area contributed by atoms with E-state index in [0.29, 0.717) is 6.54 Å². The molecule has 4 aromatic rings. The highest BCUT2D eigenvalue weighted by Gasteiger charge is 2.27. The Morgan fingerprint density at radius 1 is 1.06 bits per heavy atom. The number of thiazole rings is 1. The monoisotopic (exact) mass is 477 g/mol. The van der Waals surface area contributed by atoms with Gasteiger partial charge in [0, 0.05) is 26.2 Å². The van der Waals surface area contributed by atoms with Gasteiger partial charge in [-0.15, -0.1) is 0 Å². The summed E-state index contributed by atoms with van der Waals surface area (Å²) in [5.74, 6) is -0.161. The highest BCUT2D eigenvalue weighted by molar-refractivity contribution is 7.22. The Balaban J connectivity index is 1.35. The third-order valence-electron chi connectivity index (χ3n) is 6.43. The molecule has 8 heteroatoms. The number of hydrogen-bond donors (Lipinski definition) is 0. The number of aromatic nitrogens is 3. The Bertz CT molecular complexity index is 1280. The van der Waals surface area contributed by atoms with Crippen LogP contribution >= 0.6 is 11.3 Å². The van der Waals surface area contributed by atoms with Gasteiger partial charge in [0.2, 0.25) is 5.91 Å². The number of anilines is 1. The van der Waals surface area contributed by atoms with Gasteiger partial charge >= 0.3 is 0 Å². The first-order valence-corrected chi connectivity index (χ1v) is 12.6. The zero-order valence-electron chi connectivity index (χ0n) is 19.4. The van der Waals surface area contributed by atoms with Crippen molar-refractivity contribution in [2.24, 2.45) is 0 Å². The number of aryl methyl sites for hydroxylation is 1. The van der Waals surface area contributed by atoms with Crippen molar-refractivity contribution in [2.45, 2.75) is 32.6 Å². The maximum atomic E-state index is 13.4. The van der Waals surface area contributed by atoms with Gasteiger partial charge in [0.05, 0.1) is 22.0 Å². The summed E-state index contributed by atoms with van der Waals surface area (Å²) in [6, 6.07) is 16.4. The number of nitrogens with zero attached hydrogens (tertiary/aromatic N) is 5. The average molecular weight is 478 g/mol. The van der Waals surface area contributed by atoms with Gasteiger partial charge in [-0.2, -0.15) is 10.1 Å². The van der Waals surface area contributed by atoms with Crippen LogP contribution in [0.1, 0.15) is 36.9 Å². The van der Waals surface area contributed by atoms with E-state index in [4.69, 9.17) is 4.98 Å². The first-order chi connectivity index (χ1) is 16.5. The van der Waals surface area contributed by atoms with E-state index in [1.165, 1.54) is 12.1 Å². The van der Waals surface area contributed by atoms with Crippen molar-refractivity contribution in [1.82, 2.24) is 19.7 Å². The van der Waals surface area contributed by atoms with Crippen LogP contribution in [0.15, 0.2) is 54.6 Å². The maximum Gasteiger partial charge on any atom is 0.230 e. The molecule has 1 aliphatic heterocycles. The lowest BCUT2D eigenvalue weighted by molar-refractivity contribution is -0.132. The number of halogens is 1. The molecule has 1 amide bonds. The number of rotatable bonds is 5. The maximum absolute atomic E-state index is 13.4. The third-order valence-corrected chi connectivity index (χ3v) is 7.65. The molecule has 0 unspecified atom stereocenters. The van der Waals surface area contributed by atoms with Gasteiger partial charge in [0.15, 0.2) is 10.8 Å². The van der Waals surface area contributed by atoms with Gasteiger partial charge in [0.25, 0.3) is 0 Å². The predicted molar refractivity (Wildman–Crippen MR) is 134 cm³/mol. The molecule has 0 bridgehead atoms. The number of amides is 1. The van der Waals surface area contributed by atoms with Crippen molar-refractivity contribution >= 4 is 32.7 Å². The highest BCUT2D eigenvalue weighted by atomic mass is 32.1. The number of carbonyl (C=O) groups is 1. The zero-order valence-corrected chi connectivity index (χ0v) is 20.3. The first kappa shape index (κ1) is 22.5. The zero-order chi connectivity index (χ0) is 23.7. The number of fused-ring (bicyclic) bond motifs is 1. The van der Waals surface area contributed by atoms with Crippen LogP contribution in [0.3, 0.4) is 0 Å². The average Bonchev–Trinajstić information content (AvgIpc) is 3.31. The van der Waals surface area contributed by atoms with Crippen LogP contribution in [-0.4, -0.2) is 51.8 Å². The predicted octanol–water partition coefficient (Wildman–Crippen LogP) is 5.16. The Labute approximate surface area is 202 Å². The lowest BCUT2D eigenvalue weighted by Gasteiger charge is -2.26. The SMILES string of the molecule is CC[C@@H](C(=O)N1CCCN(c2nc3c(s2)c(C)nn3-c2ccc(F)cc2)CC1)c1ccccc1. The van der Waals surface area contributed by atoms with E-state index >= 15 is 0 Å². The molecule has 0 radical (unpaired) electrons. The fourth-order valence-electron chi connectivity index (χ4n) is 4.61. The molecule has 1 atom stereocenters. The largest absolute Gasteiger partial charge is 0.346 e. The second-order valence-electron chi connectivity index (χ2n) is 8.66. The second kappa shape index (κ2) is 9.54. The standard InChI is InChI=1S/C26H28FN5OS/c1-3-22(19-8-5-4-6-9-19)25(33)30-14-7-15-31(17-16-30)26-28-24-23(34-26)18(2)29-32(24)21-12-10-20(27)11-13-21/h4-6,8-13,22H,3,7,14-17H2,1-2H3/t22-/m1/s1. The summed E-state index contributed by atoms with van der Waals surface area (Å²) >= 11 is 1.63. The van der Waals surface area contributed by atoms with Crippen LogP contribution in [0.2, 0.25) is 0 Å². The summed E-state index contributed by atoms with van der Waals surface area (Å²) in [5.41, 5.74) is 3.57. The minimum Gasteiger partial charge on any atom is -0.346 e. The fourth-order valence-corrected chi connectivity index (χ4v) is 5.65. The van der Waals surface area contributed by atoms with Crippen LogP contribution in [0.4, 0.5) is 9.52 Å². The molecule has 3 heterocycles. The first-order valence-electron chi connectivity index (χ1n) is 11.8. The van der Waals surface area contributed by atoms with E-state index in [-0.39, 0.29) is 17.6 Å². The van der Waals surface area contributed by atoms with Crippen LogP contribution in [0.5, 0.6) is 0 Å². The van der Waals surface area contributed by atoms with Gasteiger partial charge in [-0.25, -0.2) is 9.07 Å². The van der Waals surface area contributed by atoms with Crippen LogP contribution < -0.4 is 4.90 Å². The van der Waals surface area contributed by atoms with Crippen LogP contribution in [-0.2, 0) is 4.79 Å². The van der Waals surface area contributed by atoms with Crippen molar-refractivity contribution in [3.63, 3.8) is 0 Å². The molecule has 1 saturated heterocycles. The summed E-state index contributed by atoms with van der Waals surface area (Å²) < 4.78 is 16.2. The van der Waals surface area contributed by atoms with Crippen molar-refractivity contribution in [2.75, 3.05) is 31.1 Å². The highest BCUT2D eigenvalue weighted by Crippen LogP contribution is 2.33. The van der Waals surface area contributed by atoms with Gasteiger partial charge in [-0.3, -0.25) is 4.79 Å². The van der Waals surface area contributed by atoms with Crippen molar-refractivity contribution in [3.8, 4) is 5.69 Å². The minimum absolute atomic E-state index is 0.0976. The Hall–Kier alpha value is -3.26. The van der Waals surface area contributed by atoms with E-state index in [1.807, 2.05) is 42.2 Å². The molecule has 0 spiro atoms. The summed E-state index contributed by atoms with van der Waals surface area (Å²) in [5, 5.41) is 5.56. The normalized spacial score (nSPS) is 15.5. The number of benzene rings is 2. The fraction of sp³-hybridized carbons (Fsp3) is 0.346. The van der Waals surface area contributed by atoms with Crippen molar-refractivity contribution in [1.29, 1.82) is 0 Å². The quantitative estimate of drug-likeness (QED) is 0.398. The molecule has 34 heavy (non-hydrogen) atoms. The smallest absolute Gasteiger partial charge is 0.230 e. The van der Waals surface area contributed by atoms with E-state index < -0.39 is 0 Å². The van der Waals surface area contributed by atoms with Crippen molar-refractivity contribution < 1.29 is 9.18 Å². The topological polar surface area (TPSA) is 54.3 Å². The third kappa shape index (κ3) is 4.30. The van der Waals surface area contributed by atoms with Crippen LogP contribution in [0, 0.1) is 12.7 Å². The molecule has 6 nitrogen and oxygen atoms in total. The van der Waals surface area contributed by atoms with E-state index in [1.54, 1.807) is 28.2 Å². The van der Waals surface area contributed by atoms with Gasteiger partial charge in [-0.05, 0) is 49.6 Å². The van der Waals surface area contributed by atoms with E-state index in [2.05, 4.69) is 16.9 Å². The van der Waals surface area contributed by atoms with Gasteiger partial charge in [-0.1, -0.05) is 48.6 Å². The lowest BCUT2D eigenvalue weighted by Crippen LogP contribution is -2.38. The van der Waals surface area contributed by atoms with Crippen LogP contribution in [0.25, 0.3) is 16.0 Å². The van der Waals surface area contributed by atoms with Gasteiger partial charge < -0.3 is 9.80 Å². The molecule has 0 aliphatic carbocycles. The Morgan fingerprint density at radius 3 is 2.56 bits per heavy atom. The second-order valence-corrected chi connectivity index (χ2v) is 9.64. The molecule has 176 valence electrons. The summed E-state index contributed by atoms with van der Waals surface area (Å²) in [7, 11) is 0. The van der Waals surface area contributed by atoms with Gasteiger partial charge in [0.1, 0.15) is 5.82 Å². The minimum atomic E-state index is -0.274. The molecule has 0 N–H and O–H groups in total. The summed E-state index contributed by atoms with van der Waals surface area (Å²) in [6.07, 6.45) is 1.69. The molecule has 1 aliphatic rings. The molecule has 2 aromatic heterocycles. The summed E-state index contributed by atoms with van der Waals surface area (Å²) in [6.45, 7) is 7.09. The van der Waals surface area contributed by atoms with Crippen molar-refractivity contribution in [3.05, 3.63) is 71.7 Å². The molecule has 1 fully saturated rings. The molecular formula is C26H28FN5OS. The molecule has 2 aromatic carbocycles. The Kier molecular flexibility index (Phi) is 6.32. The Morgan fingerprint density at radius 2 is 1.82 bits per heavy atom. The lowest BCUT2D eigenvalue weighted by atomic mass is 9.95. The number of carbonyl (C=O) groups excluding carboxylic acids is 1. The molecular weight excluding hydrogens is 449 g/mol. The number of hydrogen-bond acceptors (Lipinski definition) is 5. The molecule has 0 saturated carbocycles. The molecule has 5 rings (SSSR count). The van der Waals surface area contributed by atoms with E-state index in [0.717, 1.165) is 64.9 Å².